The Labute approximate surface area is 144 Å². The zero-order valence-electron chi connectivity index (χ0n) is 13.8. The number of hydrogen-bond donors (Lipinski definition) is 0. The molecule has 3 rings (SSSR count). The number of hydrogen-bond acceptors (Lipinski definition) is 2. The highest BCUT2D eigenvalue weighted by Crippen LogP contribution is 2.26. The van der Waals surface area contributed by atoms with Crippen LogP contribution >= 0.6 is 11.6 Å². The minimum atomic E-state index is 0.623. The third-order valence-corrected chi connectivity index (χ3v) is 5.13. The first-order valence-corrected chi connectivity index (χ1v) is 8.88. The Bertz CT molecular complexity index is 606. The molecule has 23 heavy (non-hydrogen) atoms. The van der Waals surface area contributed by atoms with E-state index in [4.69, 9.17) is 11.6 Å². The second-order valence-electron chi connectivity index (χ2n) is 6.38. The Morgan fingerprint density at radius 3 is 2.26 bits per heavy atom. The molecule has 1 heterocycles. The van der Waals surface area contributed by atoms with E-state index < -0.39 is 0 Å². The van der Waals surface area contributed by atoms with Crippen LogP contribution in [0.5, 0.6) is 0 Å². The van der Waals surface area contributed by atoms with E-state index in [1.54, 1.807) is 0 Å². The lowest BCUT2D eigenvalue weighted by Gasteiger charge is -2.36. The molecular weight excluding hydrogens is 304 g/mol. The zero-order valence-corrected chi connectivity index (χ0v) is 14.5. The van der Waals surface area contributed by atoms with Gasteiger partial charge in [0.05, 0.1) is 10.7 Å². The third kappa shape index (κ3) is 4.27. The third-order valence-electron chi connectivity index (χ3n) is 4.81. The van der Waals surface area contributed by atoms with Crippen LogP contribution in [-0.4, -0.2) is 37.6 Å². The Kier molecular flexibility index (Phi) is 5.58. The molecule has 0 unspecified atom stereocenters. The van der Waals surface area contributed by atoms with Gasteiger partial charge < -0.3 is 4.90 Å². The molecule has 122 valence electrons. The van der Waals surface area contributed by atoms with Crippen LogP contribution in [0.2, 0.25) is 5.02 Å². The van der Waals surface area contributed by atoms with Gasteiger partial charge in [0, 0.05) is 26.2 Å². The van der Waals surface area contributed by atoms with Gasteiger partial charge in [0.2, 0.25) is 0 Å². The second kappa shape index (κ2) is 7.85. The standard InChI is InChI=1S/C20H25ClN2/c1-17(18-7-3-2-4-8-18)11-12-22-13-15-23(16-14-22)20-10-6-5-9-19(20)21/h2-10,17H,11-16H2,1H3/t17-/m1/s1. The summed E-state index contributed by atoms with van der Waals surface area (Å²) < 4.78 is 0. The van der Waals surface area contributed by atoms with Crippen molar-refractivity contribution in [1.82, 2.24) is 4.90 Å². The molecule has 0 aliphatic carbocycles. The fourth-order valence-electron chi connectivity index (χ4n) is 3.25. The maximum absolute atomic E-state index is 6.31. The highest BCUT2D eigenvalue weighted by Gasteiger charge is 2.19. The van der Waals surface area contributed by atoms with Crippen LogP contribution in [0.1, 0.15) is 24.8 Å². The largest absolute Gasteiger partial charge is 0.368 e. The Balaban J connectivity index is 1.47. The van der Waals surface area contributed by atoms with E-state index >= 15 is 0 Å². The number of halogens is 1. The molecule has 0 radical (unpaired) electrons. The van der Waals surface area contributed by atoms with Crippen molar-refractivity contribution in [2.75, 3.05) is 37.6 Å². The maximum atomic E-state index is 6.31. The molecule has 1 aliphatic rings. The average molecular weight is 329 g/mol. The molecule has 0 amide bonds. The maximum Gasteiger partial charge on any atom is 0.0639 e. The van der Waals surface area contributed by atoms with Gasteiger partial charge in [0.15, 0.2) is 0 Å². The van der Waals surface area contributed by atoms with Crippen molar-refractivity contribution in [3.8, 4) is 0 Å². The van der Waals surface area contributed by atoms with E-state index in [1.807, 2.05) is 12.1 Å². The number of anilines is 1. The molecule has 2 aromatic carbocycles. The lowest BCUT2D eigenvalue weighted by molar-refractivity contribution is 0.250. The Morgan fingerprint density at radius 2 is 1.57 bits per heavy atom. The smallest absolute Gasteiger partial charge is 0.0639 e. The fourth-order valence-corrected chi connectivity index (χ4v) is 3.50. The van der Waals surface area contributed by atoms with Crippen molar-refractivity contribution in [3.63, 3.8) is 0 Å². The van der Waals surface area contributed by atoms with Crippen molar-refractivity contribution >= 4 is 17.3 Å². The molecule has 1 fully saturated rings. The molecular formula is C20H25ClN2. The highest BCUT2D eigenvalue weighted by atomic mass is 35.5. The molecule has 1 saturated heterocycles. The van der Waals surface area contributed by atoms with Gasteiger partial charge in [-0.3, -0.25) is 4.90 Å². The summed E-state index contributed by atoms with van der Waals surface area (Å²) in [5.74, 6) is 0.623. The summed E-state index contributed by atoms with van der Waals surface area (Å²) in [6.07, 6.45) is 1.22. The van der Waals surface area contributed by atoms with Crippen LogP contribution in [0, 0.1) is 0 Å². The Morgan fingerprint density at radius 1 is 0.913 bits per heavy atom. The van der Waals surface area contributed by atoms with Crippen LogP contribution in [-0.2, 0) is 0 Å². The molecule has 2 nitrogen and oxygen atoms in total. The molecule has 0 spiro atoms. The summed E-state index contributed by atoms with van der Waals surface area (Å²) >= 11 is 6.31. The van der Waals surface area contributed by atoms with E-state index in [2.05, 4.69) is 59.2 Å². The highest BCUT2D eigenvalue weighted by molar-refractivity contribution is 6.33. The van der Waals surface area contributed by atoms with Crippen molar-refractivity contribution in [3.05, 3.63) is 65.2 Å². The minimum absolute atomic E-state index is 0.623. The van der Waals surface area contributed by atoms with Crippen molar-refractivity contribution in [2.24, 2.45) is 0 Å². The van der Waals surface area contributed by atoms with E-state index in [9.17, 15) is 0 Å². The zero-order chi connectivity index (χ0) is 16.1. The average Bonchev–Trinajstić information content (AvgIpc) is 2.61. The number of piperazine rings is 1. The molecule has 0 saturated carbocycles. The minimum Gasteiger partial charge on any atom is -0.368 e. The number of para-hydroxylation sites is 1. The summed E-state index contributed by atoms with van der Waals surface area (Å²) in [5.41, 5.74) is 2.62. The van der Waals surface area contributed by atoms with Gasteiger partial charge in [-0.05, 0) is 36.6 Å². The molecule has 0 bridgehead atoms. The van der Waals surface area contributed by atoms with E-state index in [0.29, 0.717) is 5.92 Å². The van der Waals surface area contributed by atoms with Gasteiger partial charge in [0.1, 0.15) is 0 Å². The van der Waals surface area contributed by atoms with Gasteiger partial charge in [-0.2, -0.15) is 0 Å². The summed E-state index contributed by atoms with van der Waals surface area (Å²) in [6.45, 7) is 7.86. The first kappa shape index (κ1) is 16.4. The van der Waals surface area contributed by atoms with E-state index in [0.717, 1.165) is 31.2 Å². The first-order valence-electron chi connectivity index (χ1n) is 8.51. The topological polar surface area (TPSA) is 6.48 Å². The summed E-state index contributed by atoms with van der Waals surface area (Å²) in [4.78, 5) is 4.98. The predicted molar refractivity (Wildman–Crippen MR) is 99.6 cm³/mol. The first-order chi connectivity index (χ1) is 11.2. The molecule has 0 aromatic heterocycles. The molecule has 2 aromatic rings. The van der Waals surface area contributed by atoms with Gasteiger partial charge in [0.25, 0.3) is 0 Å². The number of benzene rings is 2. The quantitative estimate of drug-likeness (QED) is 0.788. The van der Waals surface area contributed by atoms with Gasteiger partial charge in [-0.15, -0.1) is 0 Å². The van der Waals surface area contributed by atoms with Crippen molar-refractivity contribution < 1.29 is 0 Å². The van der Waals surface area contributed by atoms with Gasteiger partial charge in [-0.25, -0.2) is 0 Å². The van der Waals surface area contributed by atoms with Crippen LogP contribution in [0.25, 0.3) is 0 Å². The van der Waals surface area contributed by atoms with Crippen molar-refractivity contribution in [1.29, 1.82) is 0 Å². The van der Waals surface area contributed by atoms with Crippen LogP contribution in [0.4, 0.5) is 5.69 Å². The summed E-state index contributed by atoms with van der Waals surface area (Å²) in [5, 5.41) is 0.860. The monoisotopic (exact) mass is 328 g/mol. The Hall–Kier alpha value is -1.51. The van der Waals surface area contributed by atoms with Gasteiger partial charge >= 0.3 is 0 Å². The lowest BCUT2D eigenvalue weighted by atomic mass is 9.97. The summed E-state index contributed by atoms with van der Waals surface area (Å²) in [7, 11) is 0. The predicted octanol–water partition coefficient (Wildman–Crippen LogP) is 4.66. The van der Waals surface area contributed by atoms with Gasteiger partial charge in [-0.1, -0.05) is 61.0 Å². The van der Waals surface area contributed by atoms with Crippen LogP contribution in [0.3, 0.4) is 0 Å². The fraction of sp³-hybridized carbons (Fsp3) is 0.400. The van der Waals surface area contributed by atoms with Crippen LogP contribution in [0.15, 0.2) is 54.6 Å². The number of nitrogens with zero attached hydrogens (tertiary/aromatic N) is 2. The van der Waals surface area contributed by atoms with E-state index in [1.165, 1.54) is 24.2 Å². The molecule has 1 atom stereocenters. The number of rotatable bonds is 5. The molecule has 0 N–H and O–H groups in total. The SMILES string of the molecule is C[C@H](CCN1CCN(c2ccccc2Cl)CC1)c1ccccc1. The lowest BCUT2D eigenvalue weighted by Crippen LogP contribution is -2.46. The second-order valence-corrected chi connectivity index (χ2v) is 6.79. The normalized spacial score (nSPS) is 17.2. The summed E-state index contributed by atoms with van der Waals surface area (Å²) in [6, 6.07) is 19.0. The van der Waals surface area contributed by atoms with Crippen LogP contribution < -0.4 is 4.90 Å². The van der Waals surface area contributed by atoms with E-state index in [-0.39, 0.29) is 0 Å². The van der Waals surface area contributed by atoms with Crippen molar-refractivity contribution in [2.45, 2.75) is 19.3 Å². The molecule has 1 aliphatic heterocycles. The molecule has 3 heteroatoms.